The molecular formula is C20H51FeN4NaO16. The van der Waals surface area contributed by atoms with E-state index in [0.29, 0.717) is 13.1 Å². The van der Waals surface area contributed by atoms with Crippen LogP contribution in [0.4, 0.5) is 0 Å². The van der Waals surface area contributed by atoms with Crippen LogP contribution in [0.2, 0.25) is 0 Å². The third kappa shape index (κ3) is 10300. The predicted octanol–water partition coefficient (Wildman–Crippen LogP) is -2.13. The second-order valence-electron chi connectivity index (χ2n) is 4.73. The van der Waals surface area contributed by atoms with Crippen LogP contribution in [-0.2, 0) is 55.4 Å². The number of carbonyl (C=O) groups is 8. The maximum Gasteiger partial charge on any atom is 1.00 e. The average Bonchev–Trinajstić information content (AvgIpc) is 2.59. The first-order chi connectivity index (χ1) is 16.8. The SMILES string of the molecule is C=C.CC(=O)O.CC(=O)O.CC(=O)O.CC(=O)O.CC(=O)O.CC(=O)O.CC(=O)O.CC(=O)O.N.N.NCCN.[Fe].[H-].[Na+]. The number of hydrogen-bond donors (Lipinski definition) is 12. The van der Waals surface area contributed by atoms with Crippen LogP contribution in [0.5, 0.6) is 0 Å². The molecule has 0 heterocycles. The Balaban J connectivity index is -0.0000000154. The number of rotatable bonds is 1. The van der Waals surface area contributed by atoms with Crippen LogP contribution in [-0.4, -0.2) is 102 Å². The maximum absolute atomic E-state index is 9.00. The van der Waals surface area contributed by atoms with Gasteiger partial charge in [0.15, 0.2) is 0 Å². The Labute approximate surface area is 279 Å². The van der Waals surface area contributed by atoms with E-state index >= 15 is 0 Å². The van der Waals surface area contributed by atoms with Crippen LogP contribution in [0.15, 0.2) is 13.2 Å². The zero-order chi connectivity index (χ0) is 34.0. The molecule has 18 N–H and O–H groups in total. The summed E-state index contributed by atoms with van der Waals surface area (Å²) in [4.78, 5) is 72.0. The molecule has 0 rings (SSSR count). The van der Waals surface area contributed by atoms with E-state index in [1.807, 2.05) is 0 Å². The molecule has 0 amide bonds. The third-order valence-corrected chi connectivity index (χ3v) is 0.167. The predicted molar refractivity (Wildman–Crippen MR) is 147 cm³/mol. The number of aliphatic carboxylic acids is 8. The standard InChI is InChI=1S/C2H8N2.8C2H4O2.C2H4.Fe.2H3N.Na.H/c3-1-2-4;8*1-2(3)4;1-2;;;;;/h1-4H2;8*1H3,(H,3,4);1-2H2;;2*1H3;;/q;;;;;;;;;;;;;+1;-1. The molecule has 256 valence electrons. The molecule has 0 atom stereocenters. The van der Waals surface area contributed by atoms with Crippen molar-refractivity contribution in [1.29, 1.82) is 0 Å². The monoisotopic (exact) mass is 682 g/mol. The fourth-order valence-electron chi connectivity index (χ4n) is 0. The van der Waals surface area contributed by atoms with Crippen LogP contribution in [0.3, 0.4) is 0 Å². The van der Waals surface area contributed by atoms with Gasteiger partial charge in [0.1, 0.15) is 0 Å². The molecule has 0 aromatic heterocycles. The normalized spacial score (nSPS) is 5.57. The van der Waals surface area contributed by atoms with E-state index in [1.165, 1.54) is 0 Å². The van der Waals surface area contributed by atoms with Crippen LogP contribution in [0.25, 0.3) is 0 Å². The first-order valence-electron chi connectivity index (χ1n) is 9.24. The van der Waals surface area contributed by atoms with Crippen molar-refractivity contribution in [3.05, 3.63) is 13.2 Å². The van der Waals surface area contributed by atoms with Crippen molar-refractivity contribution in [2.75, 3.05) is 13.1 Å². The van der Waals surface area contributed by atoms with Crippen molar-refractivity contribution in [2.24, 2.45) is 11.5 Å². The van der Waals surface area contributed by atoms with Gasteiger partial charge in [-0.05, 0) is 0 Å². The van der Waals surface area contributed by atoms with Crippen LogP contribution in [0.1, 0.15) is 56.8 Å². The molecule has 0 bridgehead atoms. The number of nitrogens with two attached hydrogens (primary N) is 2. The Morgan fingerprint density at radius 1 is 0.429 bits per heavy atom. The van der Waals surface area contributed by atoms with Gasteiger partial charge in [0.05, 0.1) is 0 Å². The minimum Gasteiger partial charge on any atom is -1.00 e. The summed E-state index contributed by atoms with van der Waals surface area (Å²) >= 11 is 0. The summed E-state index contributed by atoms with van der Waals surface area (Å²) < 4.78 is 0. The van der Waals surface area contributed by atoms with Crippen molar-refractivity contribution < 1.29 is 127 Å². The topological polar surface area (TPSA) is 420 Å². The van der Waals surface area contributed by atoms with Crippen LogP contribution in [0, 0.1) is 0 Å². The Morgan fingerprint density at radius 3 is 0.452 bits per heavy atom. The van der Waals surface area contributed by atoms with Crippen LogP contribution >= 0.6 is 0 Å². The third-order valence-electron chi connectivity index (χ3n) is 0.167. The number of hydrogen-bond acceptors (Lipinski definition) is 12. The van der Waals surface area contributed by atoms with Gasteiger partial charge in [-0.2, -0.15) is 0 Å². The van der Waals surface area contributed by atoms with Gasteiger partial charge in [0, 0.05) is 85.5 Å². The van der Waals surface area contributed by atoms with E-state index in [2.05, 4.69) is 13.2 Å². The summed E-state index contributed by atoms with van der Waals surface area (Å²) in [5.74, 6) is -6.67. The minimum atomic E-state index is -0.833. The summed E-state index contributed by atoms with van der Waals surface area (Å²) in [5, 5.41) is 59.3. The molecule has 0 aliphatic rings. The van der Waals surface area contributed by atoms with E-state index in [4.69, 9.17) is 90.7 Å². The molecule has 0 aromatic carbocycles. The van der Waals surface area contributed by atoms with Crippen molar-refractivity contribution in [3.63, 3.8) is 0 Å². The molecular weight excluding hydrogens is 631 g/mol. The summed E-state index contributed by atoms with van der Waals surface area (Å²) in [5.41, 5.74) is 9.81. The summed E-state index contributed by atoms with van der Waals surface area (Å²) in [7, 11) is 0. The molecule has 0 unspecified atom stereocenters. The van der Waals surface area contributed by atoms with Gasteiger partial charge < -0.3 is 66.0 Å². The van der Waals surface area contributed by atoms with Gasteiger partial charge in [0.2, 0.25) is 0 Å². The molecule has 0 saturated carbocycles. The minimum absolute atomic E-state index is 0. The van der Waals surface area contributed by atoms with Gasteiger partial charge >= 0.3 is 29.6 Å². The molecule has 20 nitrogen and oxygen atoms in total. The van der Waals surface area contributed by atoms with Crippen molar-refractivity contribution >= 4 is 47.8 Å². The van der Waals surface area contributed by atoms with E-state index in [-0.39, 0.29) is 60.4 Å². The van der Waals surface area contributed by atoms with Gasteiger partial charge in [-0.3, -0.25) is 38.4 Å². The van der Waals surface area contributed by atoms with Crippen molar-refractivity contribution in [2.45, 2.75) is 55.4 Å². The van der Waals surface area contributed by atoms with Crippen LogP contribution < -0.4 is 53.3 Å². The molecule has 22 heteroatoms. The first-order valence-corrected chi connectivity index (χ1v) is 9.24. The Bertz CT molecular complexity index is 443. The number of carboxylic acids is 8. The molecule has 0 aliphatic heterocycles. The van der Waals surface area contributed by atoms with Gasteiger partial charge in [-0.25, -0.2) is 0 Å². The maximum atomic E-state index is 9.00. The van der Waals surface area contributed by atoms with Gasteiger partial charge in [-0.1, -0.05) is 0 Å². The summed E-state index contributed by atoms with van der Waals surface area (Å²) in [6, 6.07) is 0. The Kier molecular flexibility index (Phi) is 211. The number of carboxylic acid groups (broad SMARTS) is 8. The zero-order valence-electron chi connectivity index (χ0n) is 26.6. The van der Waals surface area contributed by atoms with Crippen molar-refractivity contribution in [1.82, 2.24) is 12.3 Å². The molecule has 0 aliphatic carbocycles. The Morgan fingerprint density at radius 2 is 0.452 bits per heavy atom. The van der Waals surface area contributed by atoms with Crippen molar-refractivity contribution in [3.8, 4) is 0 Å². The molecule has 0 radical (unpaired) electrons. The quantitative estimate of drug-likeness (QED) is 0.104. The molecule has 0 fully saturated rings. The van der Waals surface area contributed by atoms with E-state index in [1.54, 1.807) is 0 Å². The van der Waals surface area contributed by atoms with Gasteiger partial charge in [-0.15, -0.1) is 13.2 Å². The fourth-order valence-corrected chi connectivity index (χ4v) is 0. The first kappa shape index (κ1) is 90.1. The second-order valence-corrected chi connectivity index (χ2v) is 4.73. The largest absolute Gasteiger partial charge is 1.00 e. The van der Waals surface area contributed by atoms with Gasteiger partial charge in [0.25, 0.3) is 47.8 Å². The average molecular weight is 682 g/mol. The zero-order valence-corrected chi connectivity index (χ0v) is 28.7. The smallest absolute Gasteiger partial charge is 1.00 e. The van der Waals surface area contributed by atoms with E-state index < -0.39 is 47.8 Å². The molecule has 42 heavy (non-hydrogen) atoms. The van der Waals surface area contributed by atoms with E-state index in [9.17, 15) is 0 Å². The molecule has 0 spiro atoms. The molecule has 0 saturated heterocycles. The molecule has 0 aromatic rings. The Hall–Kier alpha value is -3.14. The fraction of sp³-hybridized carbons (Fsp3) is 0.500. The van der Waals surface area contributed by atoms with E-state index in [0.717, 1.165) is 55.4 Å². The summed E-state index contributed by atoms with van der Waals surface area (Å²) in [6.45, 7) is 15.9. The second kappa shape index (κ2) is 98.4. The summed E-state index contributed by atoms with van der Waals surface area (Å²) in [6.07, 6.45) is 0.